The molecule has 0 radical (unpaired) electrons. The summed E-state index contributed by atoms with van der Waals surface area (Å²) in [5, 5.41) is 17.6. The molecule has 2 N–H and O–H groups in total. The normalized spacial score (nSPS) is 26.5. The van der Waals surface area contributed by atoms with Crippen LogP contribution in [-0.4, -0.2) is 53.6 Å². The second-order valence-corrected chi connectivity index (χ2v) is 7.16. The molecule has 1 saturated heterocycles. The molecular weight excluding hydrogens is 278 g/mol. The highest BCUT2D eigenvalue weighted by atomic mass is 16.5. The molecule has 1 aliphatic carbocycles. The number of likely N-dealkylation sites (tertiary alicyclic amines) is 1. The Labute approximate surface area is 133 Å². The molecule has 2 heterocycles. The van der Waals surface area contributed by atoms with Crippen molar-refractivity contribution >= 4 is 0 Å². The fraction of sp³-hybridized carbons (Fsp3) is 0.824. The highest BCUT2D eigenvalue weighted by Gasteiger charge is 2.34. The maximum atomic E-state index is 9.92. The number of methoxy groups -OCH3 is 1. The van der Waals surface area contributed by atoms with Crippen molar-refractivity contribution in [3.8, 4) is 0 Å². The third-order valence-electron chi connectivity index (χ3n) is 5.17. The minimum atomic E-state index is 0.0517. The van der Waals surface area contributed by atoms with Gasteiger partial charge in [-0.1, -0.05) is 0 Å². The topological polar surface area (TPSA) is 61.4 Å². The lowest BCUT2D eigenvalue weighted by Gasteiger charge is -2.42. The van der Waals surface area contributed by atoms with E-state index in [1.54, 1.807) is 7.11 Å². The predicted molar refractivity (Wildman–Crippen MR) is 85.7 cm³/mol. The third kappa shape index (κ3) is 3.89. The highest BCUT2D eigenvalue weighted by molar-refractivity contribution is 5.17. The Morgan fingerprint density at radius 3 is 3.09 bits per heavy atom. The summed E-state index contributed by atoms with van der Waals surface area (Å²) < 4.78 is 5.17. The van der Waals surface area contributed by atoms with Crippen LogP contribution in [0.15, 0.2) is 6.07 Å². The number of aliphatic hydroxyl groups is 1. The predicted octanol–water partition coefficient (Wildman–Crippen LogP) is 2.29. The molecule has 1 saturated carbocycles. The smallest absolute Gasteiger partial charge is 0.0656 e. The van der Waals surface area contributed by atoms with Crippen LogP contribution in [0.5, 0.6) is 0 Å². The van der Waals surface area contributed by atoms with Gasteiger partial charge in [-0.25, -0.2) is 0 Å². The average molecular weight is 307 g/mol. The van der Waals surface area contributed by atoms with Crippen LogP contribution in [0.2, 0.25) is 0 Å². The Bertz CT molecular complexity index is 472. The van der Waals surface area contributed by atoms with Crippen molar-refractivity contribution in [3.05, 3.63) is 17.5 Å². The van der Waals surface area contributed by atoms with Crippen molar-refractivity contribution < 1.29 is 9.84 Å². The number of nitrogens with zero attached hydrogens (tertiary/aromatic N) is 2. The van der Waals surface area contributed by atoms with Crippen LogP contribution in [0.1, 0.15) is 55.8 Å². The van der Waals surface area contributed by atoms with Gasteiger partial charge in [-0.3, -0.25) is 10.00 Å². The van der Waals surface area contributed by atoms with Crippen molar-refractivity contribution in [2.75, 3.05) is 33.4 Å². The van der Waals surface area contributed by atoms with E-state index in [0.29, 0.717) is 5.92 Å². The molecule has 1 aliphatic heterocycles. The first-order valence-electron chi connectivity index (χ1n) is 8.61. The van der Waals surface area contributed by atoms with Crippen molar-refractivity contribution in [2.24, 2.45) is 5.41 Å². The zero-order chi connectivity index (χ0) is 15.4. The third-order valence-corrected chi connectivity index (χ3v) is 5.17. The van der Waals surface area contributed by atoms with Crippen LogP contribution in [0, 0.1) is 5.41 Å². The average Bonchev–Trinajstić information content (AvgIpc) is 3.28. The van der Waals surface area contributed by atoms with Crippen LogP contribution in [0.25, 0.3) is 0 Å². The summed E-state index contributed by atoms with van der Waals surface area (Å²) in [6.45, 7) is 4.08. The number of aromatic nitrogens is 2. The molecule has 0 amide bonds. The van der Waals surface area contributed by atoms with Crippen molar-refractivity contribution in [3.63, 3.8) is 0 Å². The van der Waals surface area contributed by atoms with Crippen molar-refractivity contribution in [2.45, 2.75) is 51.0 Å². The molecule has 0 bridgehead atoms. The van der Waals surface area contributed by atoms with Gasteiger partial charge >= 0.3 is 0 Å². The summed E-state index contributed by atoms with van der Waals surface area (Å²) in [4.78, 5) is 2.47. The van der Waals surface area contributed by atoms with E-state index in [0.717, 1.165) is 51.9 Å². The lowest BCUT2D eigenvalue weighted by Crippen LogP contribution is -2.45. The number of ether oxygens (including phenoxy) is 1. The van der Waals surface area contributed by atoms with Gasteiger partial charge in [-0.05, 0) is 51.1 Å². The van der Waals surface area contributed by atoms with Crippen LogP contribution in [0.3, 0.4) is 0 Å². The molecule has 0 aromatic carbocycles. The van der Waals surface area contributed by atoms with E-state index in [1.807, 2.05) is 0 Å². The quantitative estimate of drug-likeness (QED) is 0.723. The van der Waals surface area contributed by atoms with E-state index in [9.17, 15) is 5.11 Å². The Balaban J connectivity index is 1.56. The molecule has 3 rings (SSSR count). The number of H-pyrrole nitrogens is 1. The lowest BCUT2D eigenvalue weighted by molar-refractivity contribution is 0.0154. The molecule has 2 fully saturated rings. The second kappa shape index (κ2) is 7.11. The first-order valence-corrected chi connectivity index (χ1v) is 8.61. The first-order chi connectivity index (χ1) is 10.7. The van der Waals surface area contributed by atoms with E-state index >= 15 is 0 Å². The number of piperidine rings is 1. The van der Waals surface area contributed by atoms with E-state index < -0.39 is 0 Å². The minimum absolute atomic E-state index is 0.0517. The van der Waals surface area contributed by atoms with Gasteiger partial charge in [0.2, 0.25) is 0 Å². The van der Waals surface area contributed by atoms with E-state index in [4.69, 9.17) is 4.74 Å². The van der Waals surface area contributed by atoms with Crippen LogP contribution < -0.4 is 0 Å². The van der Waals surface area contributed by atoms with Gasteiger partial charge < -0.3 is 9.84 Å². The second-order valence-electron chi connectivity index (χ2n) is 7.16. The molecule has 5 nitrogen and oxygen atoms in total. The van der Waals surface area contributed by atoms with Gasteiger partial charge in [0.15, 0.2) is 0 Å². The Kier molecular flexibility index (Phi) is 5.16. The first kappa shape index (κ1) is 16.0. The zero-order valence-corrected chi connectivity index (χ0v) is 13.7. The summed E-state index contributed by atoms with van der Waals surface area (Å²) >= 11 is 0. The van der Waals surface area contributed by atoms with Gasteiger partial charge in [-0.15, -0.1) is 0 Å². The maximum Gasteiger partial charge on any atom is 0.0656 e. The molecule has 1 aromatic rings. The Morgan fingerprint density at radius 2 is 2.36 bits per heavy atom. The summed E-state index contributed by atoms with van der Waals surface area (Å²) in [6.07, 6.45) is 6.95. The van der Waals surface area contributed by atoms with Gasteiger partial charge in [0.25, 0.3) is 0 Å². The highest BCUT2D eigenvalue weighted by Crippen LogP contribution is 2.39. The van der Waals surface area contributed by atoms with Crippen LogP contribution >= 0.6 is 0 Å². The number of rotatable bonds is 8. The number of hydrogen-bond donors (Lipinski definition) is 2. The Hall–Kier alpha value is -0.910. The minimum Gasteiger partial charge on any atom is -0.396 e. The van der Waals surface area contributed by atoms with E-state index in [2.05, 4.69) is 21.2 Å². The fourth-order valence-corrected chi connectivity index (χ4v) is 3.74. The maximum absolute atomic E-state index is 9.92. The SMILES string of the molecule is COCCCC1(CO)CCCN(Cc2cc(C3CC3)n[nH]2)C1. The molecule has 1 aromatic heterocycles. The van der Waals surface area contributed by atoms with Crippen LogP contribution in [0.4, 0.5) is 0 Å². The summed E-state index contributed by atoms with van der Waals surface area (Å²) in [7, 11) is 1.74. The molecule has 124 valence electrons. The number of hydrogen-bond acceptors (Lipinski definition) is 4. The Morgan fingerprint density at radius 1 is 1.50 bits per heavy atom. The van der Waals surface area contributed by atoms with Crippen molar-refractivity contribution in [1.29, 1.82) is 0 Å². The summed E-state index contributed by atoms with van der Waals surface area (Å²) in [5.74, 6) is 0.705. The number of aromatic amines is 1. The largest absolute Gasteiger partial charge is 0.396 e. The molecule has 22 heavy (non-hydrogen) atoms. The van der Waals surface area contributed by atoms with Gasteiger partial charge in [0.1, 0.15) is 0 Å². The molecule has 5 heteroatoms. The number of nitrogens with one attached hydrogen (secondary N) is 1. The standard InChI is InChI=1S/C17H29N3O2/c1-22-9-3-7-17(13-21)6-2-8-20(12-17)11-15-10-16(19-18-15)14-4-5-14/h10,14,21H,2-9,11-13H2,1H3,(H,18,19). The van der Waals surface area contributed by atoms with E-state index in [1.165, 1.54) is 24.2 Å². The monoisotopic (exact) mass is 307 g/mol. The van der Waals surface area contributed by atoms with Crippen LogP contribution in [-0.2, 0) is 11.3 Å². The molecule has 1 unspecified atom stereocenters. The van der Waals surface area contributed by atoms with E-state index in [-0.39, 0.29) is 12.0 Å². The van der Waals surface area contributed by atoms with Crippen molar-refractivity contribution in [1.82, 2.24) is 15.1 Å². The van der Waals surface area contributed by atoms with Gasteiger partial charge in [0, 0.05) is 50.4 Å². The molecule has 1 atom stereocenters. The zero-order valence-electron chi connectivity index (χ0n) is 13.7. The van der Waals surface area contributed by atoms with Gasteiger partial charge in [0.05, 0.1) is 5.69 Å². The molecule has 0 spiro atoms. The lowest BCUT2D eigenvalue weighted by atomic mass is 9.77. The summed E-state index contributed by atoms with van der Waals surface area (Å²) in [5.41, 5.74) is 2.50. The number of aliphatic hydroxyl groups excluding tert-OH is 1. The molecule has 2 aliphatic rings. The molecular formula is C17H29N3O2. The fourth-order valence-electron chi connectivity index (χ4n) is 3.74. The summed E-state index contributed by atoms with van der Waals surface area (Å²) in [6, 6.07) is 2.23. The van der Waals surface area contributed by atoms with Gasteiger partial charge in [-0.2, -0.15) is 5.10 Å².